The number of hydrogen-bond acceptors (Lipinski definition) is 3. The van der Waals surface area contributed by atoms with Gasteiger partial charge in [-0.05, 0) is 49.4 Å². The van der Waals surface area contributed by atoms with Gasteiger partial charge in [0, 0.05) is 11.6 Å². The van der Waals surface area contributed by atoms with Gasteiger partial charge in [-0.15, -0.1) is 0 Å². The summed E-state index contributed by atoms with van der Waals surface area (Å²) in [6, 6.07) is 7.61. The minimum absolute atomic E-state index is 0.0275. The fourth-order valence-corrected chi connectivity index (χ4v) is 2.92. The highest BCUT2D eigenvalue weighted by molar-refractivity contribution is 5.94. The number of hydrogen-bond donors (Lipinski definition) is 2. The topological polar surface area (TPSA) is 64.3 Å². The Balaban J connectivity index is 1.98. The number of nitrogens with two attached hydrogens (primary N) is 1. The highest BCUT2D eigenvalue weighted by Gasteiger charge is 2.25. The van der Waals surface area contributed by atoms with Crippen LogP contribution in [0.1, 0.15) is 49.9 Å². The second-order valence-corrected chi connectivity index (χ2v) is 6.59. The predicted molar refractivity (Wildman–Crippen MR) is 89.0 cm³/mol. The average Bonchev–Trinajstić information content (AvgIpc) is 2.53. The number of nitrogens with one attached hydrogen (secondary N) is 1. The minimum Gasteiger partial charge on any atom is -0.493 e. The smallest absolute Gasteiger partial charge is 0.251 e. The molecule has 1 fully saturated rings. The summed E-state index contributed by atoms with van der Waals surface area (Å²) < 4.78 is 5.69. The minimum atomic E-state index is -0.0275. The predicted octanol–water partition coefficient (Wildman–Crippen LogP) is 2.97. The van der Waals surface area contributed by atoms with Crippen molar-refractivity contribution in [2.75, 3.05) is 13.2 Å². The molecule has 1 aliphatic rings. The van der Waals surface area contributed by atoms with Gasteiger partial charge in [-0.1, -0.05) is 32.8 Å². The molecule has 0 aromatic heterocycles. The molecule has 2 unspecified atom stereocenters. The van der Waals surface area contributed by atoms with E-state index in [1.165, 1.54) is 12.8 Å². The van der Waals surface area contributed by atoms with Gasteiger partial charge in [-0.25, -0.2) is 0 Å². The quantitative estimate of drug-likeness (QED) is 0.849. The first-order valence-corrected chi connectivity index (χ1v) is 8.34. The van der Waals surface area contributed by atoms with Gasteiger partial charge in [0.25, 0.3) is 5.91 Å². The molecule has 1 aromatic rings. The highest BCUT2D eigenvalue weighted by atomic mass is 16.5. The van der Waals surface area contributed by atoms with Crippen molar-refractivity contribution in [2.45, 2.75) is 45.6 Å². The molecule has 22 heavy (non-hydrogen) atoms. The number of amides is 1. The maximum Gasteiger partial charge on any atom is 0.251 e. The van der Waals surface area contributed by atoms with Crippen LogP contribution >= 0.6 is 0 Å². The van der Waals surface area contributed by atoms with E-state index in [0.29, 0.717) is 30.6 Å². The molecule has 1 saturated carbocycles. The Morgan fingerprint density at radius 3 is 2.86 bits per heavy atom. The van der Waals surface area contributed by atoms with Crippen molar-refractivity contribution >= 4 is 5.91 Å². The van der Waals surface area contributed by atoms with Crippen LogP contribution in [0.15, 0.2) is 24.3 Å². The zero-order valence-electron chi connectivity index (χ0n) is 13.7. The zero-order valence-corrected chi connectivity index (χ0v) is 13.7. The molecule has 0 heterocycles. The molecule has 0 bridgehead atoms. The maximum atomic E-state index is 12.5. The highest BCUT2D eigenvalue weighted by Crippen LogP contribution is 2.24. The van der Waals surface area contributed by atoms with Gasteiger partial charge in [0.15, 0.2) is 0 Å². The van der Waals surface area contributed by atoms with Gasteiger partial charge in [0.2, 0.25) is 0 Å². The van der Waals surface area contributed by atoms with Crippen molar-refractivity contribution in [1.29, 1.82) is 0 Å². The van der Waals surface area contributed by atoms with Crippen molar-refractivity contribution in [3.63, 3.8) is 0 Å². The van der Waals surface area contributed by atoms with Crippen LogP contribution in [0.4, 0.5) is 0 Å². The summed E-state index contributed by atoms with van der Waals surface area (Å²) in [4.78, 5) is 12.5. The largest absolute Gasteiger partial charge is 0.493 e. The number of carbonyl (C=O) groups is 1. The molecule has 2 atom stereocenters. The maximum absolute atomic E-state index is 12.5. The lowest BCUT2D eigenvalue weighted by Gasteiger charge is -2.31. The van der Waals surface area contributed by atoms with E-state index >= 15 is 0 Å². The van der Waals surface area contributed by atoms with Crippen LogP contribution in [-0.2, 0) is 0 Å². The first-order valence-electron chi connectivity index (χ1n) is 8.34. The van der Waals surface area contributed by atoms with Crippen molar-refractivity contribution < 1.29 is 9.53 Å². The number of ether oxygens (including phenoxy) is 1. The molecule has 2 rings (SSSR count). The van der Waals surface area contributed by atoms with Crippen LogP contribution in [0, 0.1) is 11.8 Å². The first-order chi connectivity index (χ1) is 10.6. The second kappa shape index (κ2) is 8.18. The van der Waals surface area contributed by atoms with Crippen molar-refractivity contribution in [3.8, 4) is 5.75 Å². The fraction of sp³-hybridized carbons (Fsp3) is 0.611. The standard InChI is InChI=1S/C18H28N2O2/c1-13(2)12-22-16-8-5-7-14(10-16)18(21)20-17-9-4-3-6-15(17)11-19/h5,7-8,10,13,15,17H,3-4,6,9,11-12,19H2,1-2H3,(H,20,21). The Bertz CT molecular complexity index is 488. The van der Waals surface area contributed by atoms with E-state index in [1.54, 1.807) is 0 Å². The summed E-state index contributed by atoms with van der Waals surface area (Å²) >= 11 is 0. The summed E-state index contributed by atoms with van der Waals surface area (Å²) in [6.45, 7) is 5.50. The summed E-state index contributed by atoms with van der Waals surface area (Å²) in [5, 5.41) is 3.15. The second-order valence-electron chi connectivity index (χ2n) is 6.59. The zero-order chi connectivity index (χ0) is 15.9. The number of benzene rings is 1. The van der Waals surface area contributed by atoms with Gasteiger partial charge >= 0.3 is 0 Å². The fourth-order valence-electron chi connectivity index (χ4n) is 2.92. The number of carbonyl (C=O) groups excluding carboxylic acids is 1. The molecule has 3 N–H and O–H groups in total. The third kappa shape index (κ3) is 4.73. The average molecular weight is 304 g/mol. The Hall–Kier alpha value is -1.55. The van der Waals surface area contributed by atoms with Crippen LogP contribution in [0.25, 0.3) is 0 Å². The molecular weight excluding hydrogens is 276 g/mol. The molecule has 0 radical (unpaired) electrons. The third-order valence-electron chi connectivity index (χ3n) is 4.21. The molecular formula is C18H28N2O2. The van der Waals surface area contributed by atoms with Gasteiger partial charge in [0.05, 0.1) is 6.61 Å². The summed E-state index contributed by atoms with van der Waals surface area (Å²) in [5.41, 5.74) is 6.48. The van der Waals surface area contributed by atoms with Crippen molar-refractivity contribution in [2.24, 2.45) is 17.6 Å². The lowest BCUT2D eigenvalue weighted by Crippen LogP contribution is -2.44. The normalized spacial score (nSPS) is 21.6. The van der Waals surface area contributed by atoms with E-state index in [9.17, 15) is 4.79 Å². The molecule has 0 aliphatic heterocycles. The molecule has 0 spiro atoms. The van der Waals surface area contributed by atoms with Crippen LogP contribution < -0.4 is 15.8 Å². The van der Waals surface area contributed by atoms with Crippen LogP contribution in [-0.4, -0.2) is 25.1 Å². The van der Waals surface area contributed by atoms with Gasteiger partial charge in [-0.2, -0.15) is 0 Å². The Morgan fingerprint density at radius 1 is 1.36 bits per heavy atom. The van der Waals surface area contributed by atoms with E-state index < -0.39 is 0 Å². The van der Waals surface area contributed by atoms with Crippen LogP contribution in [0.3, 0.4) is 0 Å². The summed E-state index contributed by atoms with van der Waals surface area (Å²) in [7, 11) is 0. The summed E-state index contributed by atoms with van der Waals surface area (Å²) in [6.07, 6.45) is 4.52. The lowest BCUT2D eigenvalue weighted by atomic mass is 9.84. The molecule has 4 nitrogen and oxygen atoms in total. The van der Waals surface area contributed by atoms with Crippen molar-refractivity contribution in [3.05, 3.63) is 29.8 Å². The first kappa shape index (κ1) is 16.8. The Morgan fingerprint density at radius 2 is 2.14 bits per heavy atom. The lowest BCUT2D eigenvalue weighted by molar-refractivity contribution is 0.0907. The van der Waals surface area contributed by atoms with E-state index in [1.807, 2.05) is 24.3 Å². The van der Waals surface area contributed by atoms with Gasteiger partial charge in [0.1, 0.15) is 5.75 Å². The molecule has 4 heteroatoms. The van der Waals surface area contributed by atoms with E-state index in [0.717, 1.165) is 18.6 Å². The van der Waals surface area contributed by atoms with Gasteiger partial charge in [-0.3, -0.25) is 4.79 Å². The Kier molecular flexibility index (Phi) is 6.25. The van der Waals surface area contributed by atoms with E-state index in [-0.39, 0.29) is 11.9 Å². The van der Waals surface area contributed by atoms with E-state index in [4.69, 9.17) is 10.5 Å². The molecule has 1 amide bonds. The molecule has 0 saturated heterocycles. The molecule has 1 aliphatic carbocycles. The van der Waals surface area contributed by atoms with Crippen LogP contribution in [0.5, 0.6) is 5.75 Å². The van der Waals surface area contributed by atoms with Gasteiger partial charge < -0.3 is 15.8 Å². The molecule has 122 valence electrons. The SMILES string of the molecule is CC(C)COc1cccc(C(=O)NC2CCCCC2CN)c1. The van der Waals surface area contributed by atoms with Crippen LogP contribution in [0.2, 0.25) is 0 Å². The third-order valence-corrected chi connectivity index (χ3v) is 4.21. The summed E-state index contributed by atoms with van der Waals surface area (Å²) in [5.74, 6) is 1.59. The van der Waals surface area contributed by atoms with E-state index in [2.05, 4.69) is 19.2 Å². The molecule has 1 aromatic carbocycles. The van der Waals surface area contributed by atoms with Crippen molar-refractivity contribution in [1.82, 2.24) is 5.32 Å². The monoisotopic (exact) mass is 304 g/mol. The number of rotatable bonds is 6. The Labute approximate surface area is 133 Å².